The standard InChI is InChI=1S/C18H22FN3O3/c1-21(2)16-4-3-14(19)9-13(16)11-22-7-5-12(6-8-22)15-10-17(18(23)24)25-20-15/h3-4,9-10,12H,5-8,11H2,1-2H3,(H,23,24). The van der Waals surface area contributed by atoms with Crippen LogP contribution in [0.4, 0.5) is 10.1 Å². The number of piperidine rings is 1. The highest BCUT2D eigenvalue weighted by molar-refractivity contribution is 5.84. The molecule has 134 valence electrons. The zero-order valence-electron chi connectivity index (χ0n) is 14.4. The van der Waals surface area contributed by atoms with Crippen molar-refractivity contribution in [3.05, 3.63) is 47.1 Å². The lowest BCUT2D eigenvalue weighted by Crippen LogP contribution is -2.33. The molecule has 0 atom stereocenters. The first-order chi connectivity index (χ1) is 11.9. The minimum Gasteiger partial charge on any atom is -0.475 e. The third-order valence-electron chi connectivity index (χ3n) is 4.66. The summed E-state index contributed by atoms with van der Waals surface area (Å²) in [5.41, 5.74) is 2.70. The molecule has 0 unspecified atom stereocenters. The molecule has 0 radical (unpaired) electrons. The molecular formula is C18H22FN3O3. The molecular weight excluding hydrogens is 325 g/mol. The Balaban J connectivity index is 1.63. The Morgan fingerprint density at radius 3 is 2.68 bits per heavy atom. The number of carboxylic acids is 1. The van der Waals surface area contributed by atoms with Crippen LogP contribution in [0.2, 0.25) is 0 Å². The first-order valence-electron chi connectivity index (χ1n) is 8.32. The van der Waals surface area contributed by atoms with Crippen molar-refractivity contribution in [2.75, 3.05) is 32.1 Å². The van der Waals surface area contributed by atoms with Crippen molar-refractivity contribution < 1.29 is 18.8 Å². The lowest BCUT2D eigenvalue weighted by Gasteiger charge is -2.32. The van der Waals surface area contributed by atoms with Gasteiger partial charge in [0.1, 0.15) is 5.82 Å². The Labute approximate surface area is 145 Å². The first-order valence-corrected chi connectivity index (χ1v) is 8.32. The molecule has 0 amide bonds. The van der Waals surface area contributed by atoms with Crippen LogP contribution in [-0.4, -0.2) is 48.3 Å². The molecule has 2 heterocycles. The predicted molar refractivity (Wildman–Crippen MR) is 91.4 cm³/mol. The minimum absolute atomic E-state index is 0.118. The number of carboxylic acid groups (broad SMARTS) is 1. The van der Waals surface area contributed by atoms with Gasteiger partial charge in [-0.1, -0.05) is 5.16 Å². The third-order valence-corrected chi connectivity index (χ3v) is 4.66. The van der Waals surface area contributed by atoms with E-state index < -0.39 is 5.97 Å². The summed E-state index contributed by atoms with van der Waals surface area (Å²) >= 11 is 0. The molecule has 1 aliphatic heterocycles. The van der Waals surface area contributed by atoms with Crippen LogP contribution < -0.4 is 4.90 Å². The monoisotopic (exact) mass is 347 g/mol. The number of rotatable bonds is 5. The maximum Gasteiger partial charge on any atom is 0.374 e. The molecule has 1 aromatic carbocycles. The molecule has 1 N–H and O–H groups in total. The first kappa shape index (κ1) is 17.4. The van der Waals surface area contributed by atoms with Crippen LogP contribution in [0.15, 0.2) is 28.8 Å². The molecule has 1 saturated heterocycles. The quantitative estimate of drug-likeness (QED) is 0.897. The van der Waals surface area contributed by atoms with Gasteiger partial charge in [-0.15, -0.1) is 0 Å². The Kier molecular flexibility index (Phi) is 5.03. The van der Waals surface area contributed by atoms with E-state index in [1.165, 1.54) is 12.1 Å². The topological polar surface area (TPSA) is 69.8 Å². The minimum atomic E-state index is -1.10. The summed E-state index contributed by atoms with van der Waals surface area (Å²) in [6.45, 7) is 2.39. The van der Waals surface area contributed by atoms with Crippen molar-refractivity contribution in [3.63, 3.8) is 0 Å². The van der Waals surface area contributed by atoms with Gasteiger partial charge in [-0.3, -0.25) is 4.90 Å². The lowest BCUT2D eigenvalue weighted by molar-refractivity contribution is 0.0651. The van der Waals surface area contributed by atoms with E-state index in [0.717, 1.165) is 37.2 Å². The van der Waals surface area contributed by atoms with Crippen LogP contribution in [0.1, 0.15) is 40.6 Å². The Hall–Kier alpha value is -2.41. The van der Waals surface area contributed by atoms with Gasteiger partial charge in [-0.2, -0.15) is 0 Å². The number of nitrogens with zero attached hydrogens (tertiary/aromatic N) is 3. The average Bonchev–Trinajstić information content (AvgIpc) is 3.05. The molecule has 25 heavy (non-hydrogen) atoms. The van der Waals surface area contributed by atoms with Crippen LogP contribution in [0.3, 0.4) is 0 Å². The number of hydrogen-bond donors (Lipinski definition) is 1. The molecule has 2 aromatic rings. The Morgan fingerprint density at radius 1 is 1.36 bits per heavy atom. The number of halogens is 1. The number of aromatic carboxylic acids is 1. The van der Waals surface area contributed by atoms with E-state index in [2.05, 4.69) is 10.1 Å². The summed E-state index contributed by atoms with van der Waals surface area (Å²) in [5, 5.41) is 12.8. The molecule has 7 heteroatoms. The van der Waals surface area contributed by atoms with E-state index in [-0.39, 0.29) is 17.5 Å². The highest BCUT2D eigenvalue weighted by Crippen LogP contribution is 2.29. The molecule has 3 rings (SSSR count). The summed E-state index contributed by atoms with van der Waals surface area (Å²) in [5.74, 6) is -1.24. The van der Waals surface area contributed by atoms with Gasteiger partial charge in [-0.25, -0.2) is 9.18 Å². The average molecular weight is 347 g/mol. The van der Waals surface area contributed by atoms with Crippen LogP contribution >= 0.6 is 0 Å². The Morgan fingerprint density at radius 2 is 2.08 bits per heavy atom. The van der Waals surface area contributed by atoms with E-state index in [4.69, 9.17) is 9.63 Å². The Bertz CT molecular complexity index is 752. The van der Waals surface area contributed by atoms with Crippen molar-refractivity contribution in [2.24, 2.45) is 0 Å². The molecule has 0 saturated carbocycles. The van der Waals surface area contributed by atoms with Gasteiger partial charge in [0.25, 0.3) is 0 Å². The summed E-state index contributed by atoms with van der Waals surface area (Å²) in [6.07, 6.45) is 1.75. The van der Waals surface area contributed by atoms with E-state index in [9.17, 15) is 9.18 Å². The molecule has 0 spiro atoms. The van der Waals surface area contributed by atoms with Crippen molar-refractivity contribution in [3.8, 4) is 0 Å². The largest absolute Gasteiger partial charge is 0.475 e. The molecule has 6 nitrogen and oxygen atoms in total. The van der Waals surface area contributed by atoms with Crippen LogP contribution in [0.25, 0.3) is 0 Å². The van der Waals surface area contributed by atoms with Gasteiger partial charge in [0.05, 0.1) is 5.69 Å². The smallest absolute Gasteiger partial charge is 0.374 e. The molecule has 0 bridgehead atoms. The van der Waals surface area contributed by atoms with Crippen molar-refractivity contribution in [2.45, 2.75) is 25.3 Å². The number of aromatic nitrogens is 1. The van der Waals surface area contributed by atoms with Crippen LogP contribution in [0, 0.1) is 5.82 Å². The molecule has 1 fully saturated rings. The second-order valence-electron chi connectivity index (χ2n) is 6.64. The van der Waals surface area contributed by atoms with E-state index in [1.54, 1.807) is 12.1 Å². The number of benzene rings is 1. The normalized spacial score (nSPS) is 16.1. The van der Waals surface area contributed by atoms with Crippen molar-refractivity contribution in [1.82, 2.24) is 10.1 Å². The fourth-order valence-electron chi connectivity index (χ4n) is 3.33. The molecule has 1 aliphatic rings. The number of likely N-dealkylation sites (tertiary alicyclic amines) is 1. The number of hydrogen-bond acceptors (Lipinski definition) is 5. The van der Waals surface area contributed by atoms with Crippen molar-refractivity contribution in [1.29, 1.82) is 0 Å². The second kappa shape index (κ2) is 7.23. The second-order valence-corrected chi connectivity index (χ2v) is 6.64. The summed E-state index contributed by atoms with van der Waals surface area (Å²) < 4.78 is 18.5. The summed E-state index contributed by atoms with van der Waals surface area (Å²) in [6, 6.07) is 6.40. The molecule has 1 aromatic heterocycles. The maximum atomic E-state index is 13.6. The van der Waals surface area contributed by atoms with Crippen molar-refractivity contribution >= 4 is 11.7 Å². The van der Waals surface area contributed by atoms with E-state index in [0.29, 0.717) is 12.2 Å². The van der Waals surface area contributed by atoms with Gasteiger partial charge < -0.3 is 14.5 Å². The third kappa shape index (κ3) is 3.99. The maximum absolute atomic E-state index is 13.6. The zero-order valence-corrected chi connectivity index (χ0v) is 14.4. The van der Waals surface area contributed by atoms with Gasteiger partial charge in [0.15, 0.2) is 0 Å². The lowest BCUT2D eigenvalue weighted by atomic mass is 9.93. The summed E-state index contributed by atoms with van der Waals surface area (Å²) in [7, 11) is 3.90. The van der Waals surface area contributed by atoms with E-state index in [1.807, 2.05) is 19.0 Å². The van der Waals surface area contributed by atoms with E-state index >= 15 is 0 Å². The zero-order chi connectivity index (χ0) is 18.0. The predicted octanol–water partition coefficient (Wildman–Crippen LogP) is 2.96. The van der Waals surface area contributed by atoms with Gasteiger partial charge >= 0.3 is 5.97 Å². The number of carbonyl (C=O) groups is 1. The van der Waals surface area contributed by atoms with Crippen LogP contribution in [-0.2, 0) is 6.54 Å². The summed E-state index contributed by atoms with van der Waals surface area (Å²) in [4.78, 5) is 15.2. The number of anilines is 1. The van der Waals surface area contributed by atoms with Gasteiger partial charge in [-0.05, 0) is 49.7 Å². The van der Waals surface area contributed by atoms with Crippen LogP contribution in [0.5, 0.6) is 0 Å². The highest BCUT2D eigenvalue weighted by Gasteiger charge is 2.25. The fourth-order valence-corrected chi connectivity index (χ4v) is 3.33. The molecule has 0 aliphatic carbocycles. The fraction of sp³-hybridized carbons (Fsp3) is 0.444. The van der Waals surface area contributed by atoms with Gasteiger partial charge in [0, 0.05) is 38.3 Å². The SMILES string of the molecule is CN(C)c1ccc(F)cc1CN1CCC(c2cc(C(=O)O)on2)CC1. The highest BCUT2D eigenvalue weighted by atomic mass is 19.1. The van der Waals surface area contributed by atoms with Gasteiger partial charge in [0.2, 0.25) is 5.76 Å².